The van der Waals surface area contributed by atoms with Crippen LogP contribution in [0.25, 0.3) is 0 Å². The number of carbonyl (C=O) groups is 1. The first-order valence-corrected chi connectivity index (χ1v) is 11.1. The van der Waals surface area contributed by atoms with Crippen molar-refractivity contribution >= 4 is 29.0 Å². The van der Waals surface area contributed by atoms with E-state index in [-0.39, 0.29) is 37.3 Å². The summed E-state index contributed by atoms with van der Waals surface area (Å²) in [6.45, 7) is 1.44. The molecule has 10 nitrogen and oxygen atoms in total. The number of anilines is 2. The fourth-order valence-electron chi connectivity index (χ4n) is 3.14. The quantitative estimate of drug-likeness (QED) is 0.377. The second kappa shape index (κ2) is 10.7. The molecule has 11 heteroatoms. The minimum absolute atomic E-state index is 0.0372. The molecule has 35 heavy (non-hydrogen) atoms. The normalized spacial score (nSPS) is 10.7. The maximum absolute atomic E-state index is 13.2. The number of aromatic nitrogens is 5. The Morgan fingerprint density at radius 2 is 1.69 bits per heavy atom. The maximum atomic E-state index is 13.2. The van der Waals surface area contributed by atoms with Gasteiger partial charge in [-0.1, -0.05) is 30.7 Å². The van der Waals surface area contributed by atoms with Crippen molar-refractivity contribution in [2.24, 2.45) is 0 Å². The molecule has 0 aliphatic rings. The Kier molecular flexibility index (Phi) is 7.32. The first-order chi connectivity index (χ1) is 16.9. The zero-order chi connectivity index (χ0) is 24.8. The highest BCUT2D eigenvalue weighted by molar-refractivity contribution is 6.30. The molecule has 4 aromatic rings. The summed E-state index contributed by atoms with van der Waals surface area (Å²) in [6, 6.07) is 15.6. The van der Waals surface area contributed by atoms with Gasteiger partial charge in [-0.05, 0) is 48.0 Å². The van der Waals surface area contributed by atoms with Gasteiger partial charge in [-0.15, -0.1) is 0 Å². The first kappa shape index (κ1) is 23.8. The standard InChI is InChI=1S/C24H21ClN6O4/c1-2-19(32)15-31-23(33)29-21(30(24(31)34)14-16-4-6-17(25)7-5-16)28-18-8-10-20(11-9-18)35-22-26-12-3-13-27-22/h3-13H,2,14-15H2,1H3,(H,28,29,33). The minimum Gasteiger partial charge on any atom is -0.424 e. The van der Waals surface area contributed by atoms with Gasteiger partial charge >= 0.3 is 17.4 Å². The number of carbonyl (C=O) groups excluding carboxylic acids is 1. The van der Waals surface area contributed by atoms with Gasteiger partial charge in [0.1, 0.15) is 5.75 Å². The number of nitrogens with one attached hydrogen (secondary N) is 1. The Bertz CT molecular complexity index is 1430. The van der Waals surface area contributed by atoms with Gasteiger partial charge in [0.2, 0.25) is 5.95 Å². The Morgan fingerprint density at radius 1 is 1.00 bits per heavy atom. The van der Waals surface area contributed by atoms with Crippen LogP contribution in [-0.2, 0) is 17.9 Å². The van der Waals surface area contributed by atoms with E-state index in [1.807, 2.05) is 0 Å². The predicted octanol–water partition coefficient (Wildman–Crippen LogP) is 3.41. The van der Waals surface area contributed by atoms with Crippen LogP contribution in [0.4, 0.5) is 11.6 Å². The molecular formula is C24H21ClN6O4. The van der Waals surface area contributed by atoms with E-state index in [0.29, 0.717) is 16.5 Å². The number of nitrogens with zero attached hydrogens (tertiary/aromatic N) is 5. The molecule has 0 unspecified atom stereocenters. The lowest BCUT2D eigenvalue weighted by atomic mass is 10.2. The van der Waals surface area contributed by atoms with Crippen molar-refractivity contribution in [2.75, 3.05) is 5.32 Å². The summed E-state index contributed by atoms with van der Waals surface area (Å²) in [5.41, 5.74) is -0.136. The van der Waals surface area contributed by atoms with E-state index >= 15 is 0 Å². The smallest absolute Gasteiger partial charge is 0.355 e. The summed E-state index contributed by atoms with van der Waals surface area (Å²) in [7, 11) is 0. The van der Waals surface area contributed by atoms with Crippen molar-refractivity contribution in [3.63, 3.8) is 0 Å². The van der Waals surface area contributed by atoms with Gasteiger partial charge in [-0.25, -0.2) is 24.1 Å². The van der Waals surface area contributed by atoms with Crippen LogP contribution < -0.4 is 21.4 Å². The predicted molar refractivity (Wildman–Crippen MR) is 130 cm³/mol. The third kappa shape index (κ3) is 5.98. The molecule has 0 aliphatic heterocycles. The van der Waals surface area contributed by atoms with Crippen molar-refractivity contribution in [3.05, 3.63) is 98.5 Å². The fraction of sp³-hybridized carbons (Fsp3) is 0.167. The van der Waals surface area contributed by atoms with E-state index in [4.69, 9.17) is 16.3 Å². The maximum Gasteiger partial charge on any atom is 0.355 e. The summed E-state index contributed by atoms with van der Waals surface area (Å²) in [4.78, 5) is 49.8. The highest BCUT2D eigenvalue weighted by atomic mass is 35.5. The summed E-state index contributed by atoms with van der Waals surface area (Å²) >= 11 is 5.97. The molecule has 1 N–H and O–H groups in total. The largest absolute Gasteiger partial charge is 0.424 e. The Morgan fingerprint density at radius 3 is 2.34 bits per heavy atom. The number of halogens is 1. The summed E-state index contributed by atoms with van der Waals surface area (Å²) < 4.78 is 7.72. The highest BCUT2D eigenvalue weighted by Gasteiger charge is 2.16. The van der Waals surface area contributed by atoms with E-state index in [1.165, 1.54) is 4.57 Å². The monoisotopic (exact) mass is 492 g/mol. The van der Waals surface area contributed by atoms with Crippen molar-refractivity contribution in [2.45, 2.75) is 26.4 Å². The molecule has 0 aliphatic carbocycles. The van der Waals surface area contributed by atoms with E-state index in [2.05, 4.69) is 20.3 Å². The number of hydrogen-bond acceptors (Lipinski definition) is 8. The van der Waals surface area contributed by atoms with Crippen LogP contribution in [0.1, 0.15) is 18.9 Å². The number of ketones is 1. The zero-order valence-electron chi connectivity index (χ0n) is 18.7. The van der Waals surface area contributed by atoms with Crippen molar-refractivity contribution < 1.29 is 9.53 Å². The number of hydrogen-bond donors (Lipinski definition) is 1. The SMILES string of the molecule is CCC(=O)Cn1c(=O)nc(Nc2ccc(Oc3ncccn3)cc2)n(Cc2ccc(Cl)cc2)c1=O. The van der Waals surface area contributed by atoms with E-state index < -0.39 is 11.4 Å². The number of Topliss-reactive ketones (excluding diaryl/α,β-unsaturated/α-hetero) is 1. The average Bonchev–Trinajstić information content (AvgIpc) is 2.87. The molecule has 0 fully saturated rings. The molecule has 2 aromatic heterocycles. The topological polar surface area (TPSA) is 121 Å². The number of rotatable bonds is 9. The lowest BCUT2D eigenvalue weighted by Crippen LogP contribution is -2.44. The zero-order valence-corrected chi connectivity index (χ0v) is 19.5. The lowest BCUT2D eigenvalue weighted by Gasteiger charge is -2.15. The average molecular weight is 493 g/mol. The van der Waals surface area contributed by atoms with Gasteiger partial charge in [0.15, 0.2) is 5.78 Å². The van der Waals surface area contributed by atoms with Crippen LogP contribution in [0.5, 0.6) is 11.8 Å². The van der Waals surface area contributed by atoms with Crippen molar-refractivity contribution in [1.82, 2.24) is 24.1 Å². The van der Waals surface area contributed by atoms with Crippen molar-refractivity contribution in [3.8, 4) is 11.8 Å². The molecule has 0 saturated heterocycles. The molecular weight excluding hydrogens is 472 g/mol. The number of ether oxygens (including phenoxy) is 1. The van der Waals surface area contributed by atoms with Gasteiger partial charge in [-0.2, -0.15) is 4.98 Å². The van der Waals surface area contributed by atoms with Gasteiger partial charge in [0, 0.05) is 29.5 Å². The number of benzene rings is 2. The lowest BCUT2D eigenvalue weighted by molar-refractivity contribution is -0.119. The van der Waals surface area contributed by atoms with Crippen LogP contribution in [0, 0.1) is 0 Å². The van der Waals surface area contributed by atoms with Crippen LogP contribution in [0.15, 0.2) is 76.6 Å². The summed E-state index contributed by atoms with van der Waals surface area (Å²) in [5, 5.41) is 3.57. The highest BCUT2D eigenvalue weighted by Crippen LogP contribution is 2.22. The van der Waals surface area contributed by atoms with E-state index in [1.54, 1.807) is 73.9 Å². The van der Waals surface area contributed by atoms with Crippen LogP contribution in [-0.4, -0.2) is 29.9 Å². The molecule has 0 saturated carbocycles. The van der Waals surface area contributed by atoms with Gasteiger partial charge in [-0.3, -0.25) is 9.36 Å². The molecule has 2 heterocycles. The molecule has 4 rings (SSSR count). The van der Waals surface area contributed by atoms with Crippen LogP contribution in [0.3, 0.4) is 0 Å². The fourth-order valence-corrected chi connectivity index (χ4v) is 3.27. The molecule has 0 radical (unpaired) electrons. The summed E-state index contributed by atoms with van der Waals surface area (Å²) in [6.07, 6.45) is 3.34. The Labute approximate surface area is 204 Å². The van der Waals surface area contributed by atoms with Crippen molar-refractivity contribution in [1.29, 1.82) is 0 Å². The van der Waals surface area contributed by atoms with E-state index in [9.17, 15) is 14.4 Å². The Hall–Kier alpha value is -4.31. The molecule has 0 bridgehead atoms. The van der Waals surface area contributed by atoms with Crippen LogP contribution >= 0.6 is 11.6 Å². The van der Waals surface area contributed by atoms with Crippen LogP contribution in [0.2, 0.25) is 5.02 Å². The third-order valence-electron chi connectivity index (χ3n) is 4.99. The minimum atomic E-state index is -0.812. The molecule has 0 spiro atoms. The summed E-state index contributed by atoms with van der Waals surface area (Å²) in [5.74, 6) is 0.291. The second-order valence-electron chi connectivity index (χ2n) is 7.47. The molecule has 0 amide bonds. The molecule has 2 aromatic carbocycles. The van der Waals surface area contributed by atoms with Gasteiger partial charge in [0.25, 0.3) is 0 Å². The van der Waals surface area contributed by atoms with E-state index in [0.717, 1.165) is 10.1 Å². The molecule has 178 valence electrons. The molecule has 0 atom stereocenters. The third-order valence-corrected chi connectivity index (χ3v) is 5.25. The first-order valence-electron chi connectivity index (χ1n) is 10.7. The van der Waals surface area contributed by atoms with Gasteiger partial charge in [0.05, 0.1) is 13.1 Å². The second-order valence-corrected chi connectivity index (χ2v) is 7.91. The Balaban J connectivity index is 1.66. The van der Waals surface area contributed by atoms with Gasteiger partial charge < -0.3 is 10.1 Å².